The average molecular weight is 471 g/mol. The van der Waals surface area contributed by atoms with Crippen molar-refractivity contribution in [1.29, 1.82) is 0 Å². The number of thiophene rings is 1. The second-order valence-corrected chi connectivity index (χ2v) is 11.7. The van der Waals surface area contributed by atoms with Crippen molar-refractivity contribution in [2.45, 2.75) is 62.3 Å². The van der Waals surface area contributed by atoms with Gasteiger partial charge in [0, 0.05) is 31.1 Å². The van der Waals surface area contributed by atoms with Crippen molar-refractivity contribution < 1.29 is 27.5 Å². The molecule has 4 rings (SSSR count). The molecule has 172 valence electrons. The van der Waals surface area contributed by atoms with Gasteiger partial charge in [-0.3, -0.25) is 4.79 Å². The van der Waals surface area contributed by atoms with Gasteiger partial charge in [-0.15, -0.1) is 11.3 Å². The average Bonchev–Trinajstić information content (AvgIpc) is 3.26. The predicted octanol–water partition coefficient (Wildman–Crippen LogP) is 2.41. The minimum atomic E-state index is -3.83. The molecule has 1 atom stereocenters. The normalized spacial score (nSPS) is 21.4. The molecular weight excluding hydrogens is 440 g/mol. The van der Waals surface area contributed by atoms with Crippen LogP contribution in [0.25, 0.3) is 0 Å². The molecule has 1 amide bonds. The second kappa shape index (κ2) is 9.17. The summed E-state index contributed by atoms with van der Waals surface area (Å²) >= 11 is 1.11. The number of fused-ring (bicyclic) bond motifs is 1. The first-order valence-corrected chi connectivity index (χ1v) is 13.3. The Bertz CT molecular complexity index is 947. The molecule has 0 aromatic carbocycles. The lowest BCUT2D eigenvalue weighted by molar-refractivity contribution is -0.141. The van der Waals surface area contributed by atoms with E-state index < -0.39 is 22.1 Å². The number of nitrogens with zero attached hydrogens (tertiary/aromatic N) is 2. The van der Waals surface area contributed by atoms with Gasteiger partial charge in [0.25, 0.3) is 15.9 Å². The van der Waals surface area contributed by atoms with Gasteiger partial charge >= 0.3 is 5.97 Å². The van der Waals surface area contributed by atoms with E-state index in [0.717, 1.165) is 35.5 Å². The molecule has 1 saturated heterocycles. The van der Waals surface area contributed by atoms with Gasteiger partial charge in [0.15, 0.2) is 0 Å². The van der Waals surface area contributed by atoms with E-state index in [1.807, 2.05) is 6.92 Å². The van der Waals surface area contributed by atoms with Gasteiger partial charge in [0.1, 0.15) is 10.3 Å². The van der Waals surface area contributed by atoms with Gasteiger partial charge in [-0.05, 0) is 50.0 Å². The molecule has 3 heterocycles. The van der Waals surface area contributed by atoms with Gasteiger partial charge in [-0.2, -0.15) is 4.31 Å². The molecule has 1 aromatic heterocycles. The molecule has 1 saturated carbocycles. The van der Waals surface area contributed by atoms with Crippen LogP contribution in [0, 0.1) is 5.92 Å². The topological polar surface area (TPSA) is 93.2 Å². The van der Waals surface area contributed by atoms with E-state index in [4.69, 9.17) is 9.47 Å². The molecule has 3 aliphatic rings. The lowest BCUT2D eigenvalue weighted by atomic mass is 10.0. The molecule has 10 heteroatoms. The van der Waals surface area contributed by atoms with Crippen LogP contribution in [0.5, 0.6) is 0 Å². The smallest absolute Gasteiger partial charge is 0.340 e. The molecule has 31 heavy (non-hydrogen) atoms. The number of rotatable bonds is 8. The molecule has 2 aliphatic heterocycles. The highest BCUT2D eigenvalue weighted by molar-refractivity contribution is 7.91. The zero-order valence-corrected chi connectivity index (χ0v) is 19.7. The minimum absolute atomic E-state index is 0.0538. The van der Waals surface area contributed by atoms with E-state index >= 15 is 0 Å². The Morgan fingerprint density at radius 2 is 2.06 bits per heavy atom. The third kappa shape index (κ3) is 4.53. The van der Waals surface area contributed by atoms with Crippen LogP contribution in [-0.4, -0.2) is 69.0 Å². The summed E-state index contributed by atoms with van der Waals surface area (Å²) in [5.41, 5.74) is 0.860. The van der Waals surface area contributed by atoms with E-state index in [-0.39, 0.29) is 15.7 Å². The molecule has 0 radical (unpaired) electrons. The zero-order valence-electron chi connectivity index (χ0n) is 18.1. The third-order valence-electron chi connectivity index (χ3n) is 6.14. The molecule has 0 unspecified atom stereocenters. The number of methoxy groups -OCH3 is 1. The van der Waals surface area contributed by atoms with Crippen LogP contribution >= 0.6 is 11.3 Å². The highest BCUT2D eigenvalue weighted by atomic mass is 32.2. The van der Waals surface area contributed by atoms with E-state index in [0.29, 0.717) is 63.5 Å². The van der Waals surface area contributed by atoms with E-state index in [2.05, 4.69) is 0 Å². The van der Waals surface area contributed by atoms with E-state index in [9.17, 15) is 18.0 Å². The van der Waals surface area contributed by atoms with Crippen LogP contribution in [0.1, 0.15) is 59.8 Å². The maximum Gasteiger partial charge on any atom is 0.340 e. The van der Waals surface area contributed by atoms with Gasteiger partial charge in [-0.25, -0.2) is 13.2 Å². The number of carbonyl (C=O) groups is 2. The molecule has 0 N–H and O–H groups in total. The lowest BCUT2D eigenvalue weighted by Gasteiger charge is -2.29. The summed E-state index contributed by atoms with van der Waals surface area (Å²) in [6.07, 6.45) is 4.39. The quantitative estimate of drug-likeness (QED) is 0.542. The largest absolute Gasteiger partial charge is 0.465 e. The third-order valence-corrected chi connectivity index (χ3v) is 9.71. The molecule has 8 nitrogen and oxygen atoms in total. The minimum Gasteiger partial charge on any atom is -0.465 e. The summed E-state index contributed by atoms with van der Waals surface area (Å²) in [7, 11) is -2.56. The lowest BCUT2D eigenvalue weighted by Crippen LogP contribution is -2.41. The van der Waals surface area contributed by atoms with Gasteiger partial charge in [-0.1, -0.05) is 6.92 Å². The van der Waals surface area contributed by atoms with Crippen molar-refractivity contribution in [3.8, 4) is 0 Å². The van der Waals surface area contributed by atoms with Crippen molar-refractivity contribution in [2.24, 2.45) is 5.92 Å². The fraction of sp³-hybridized carbons (Fsp3) is 0.714. The molecular formula is C21H30N2O6S2. The fourth-order valence-electron chi connectivity index (χ4n) is 4.30. The van der Waals surface area contributed by atoms with Gasteiger partial charge in [0.05, 0.1) is 19.2 Å². The molecule has 0 spiro atoms. The second-order valence-electron chi connectivity index (χ2n) is 8.48. The Labute approximate surface area is 187 Å². The molecule has 0 bridgehead atoms. The van der Waals surface area contributed by atoms with Crippen LogP contribution in [0.4, 0.5) is 0 Å². The van der Waals surface area contributed by atoms with Crippen LogP contribution in [0.15, 0.2) is 4.21 Å². The van der Waals surface area contributed by atoms with Crippen molar-refractivity contribution >= 4 is 33.2 Å². The van der Waals surface area contributed by atoms with Crippen LogP contribution in [0.3, 0.4) is 0 Å². The summed E-state index contributed by atoms with van der Waals surface area (Å²) in [4.78, 5) is 27.9. The SMILES string of the molecule is CCCN(CC1CC1)S(=O)(=O)c1sc2c(c1C(=O)OC)CCN(C(=O)[C@@H]1CCCO1)C2. The van der Waals surface area contributed by atoms with Crippen molar-refractivity contribution in [1.82, 2.24) is 9.21 Å². The highest BCUT2D eigenvalue weighted by Gasteiger charge is 2.40. The van der Waals surface area contributed by atoms with Crippen LogP contribution in [0.2, 0.25) is 0 Å². The molecule has 1 aliphatic carbocycles. The number of carbonyl (C=O) groups excluding carboxylic acids is 2. The predicted molar refractivity (Wildman–Crippen MR) is 116 cm³/mol. The Morgan fingerprint density at radius 1 is 1.29 bits per heavy atom. The maximum absolute atomic E-state index is 13.6. The Hall–Kier alpha value is -1.49. The number of hydrogen-bond acceptors (Lipinski definition) is 7. The van der Waals surface area contributed by atoms with Crippen LogP contribution in [-0.2, 0) is 37.3 Å². The first-order valence-electron chi connectivity index (χ1n) is 11.0. The number of ether oxygens (including phenoxy) is 2. The fourth-order valence-corrected chi connectivity index (χ4v) is 7.95. The number of sulfonamides is 1. The summed E-state index contributed by atoms with van der Waals surface area (Å²) in [6, 6.07) is 0. The van der Waals surface area contributed by atoms with Gasteiger partial charge in [0.2, 0.25) is 0 Å². The van der Waals surface area contributed by atoms with Crippen molar-refractivity contribution in [3.63, 3.8) is 0 Å². The summed E-state index contributed by atoms with van der Waals surface area (Å²) in [5, 5.41) is 0. The van der Waals surface area contributed by atoms with Crippen LogP contribution < -0.4 is 0 Å². The van der Waals surface area contributed by atoms with E-state index in [1.165, 1.54) is 11.4 Å². The molecule has 2 fully saturated rings. The number of hydrogen-bond donors (Lipinski definition) is 0. The monoisotopic (exact) mass is 470 g/mol. The summed E-state index contributed by atoms with van der Waals surface area (Å²) in [6.45, 7) is 4.19. The Kier molecular flexibility index (Phi) is 6.71. The number of esters is 1. The first kappa shape index (κ1) is 22.7. The summed E-state index contributed by atoms with van der Waals surface area (Å²) < 4.78 is 39.3. The molecule has 1 aromatic rings. The standard InChI is InChI=1S/C21H30N2O6S2/c1-3-9-23(12-14-6-7-14)31(26,27)21-18(20(25)28-2)15-8-10-22(13-17(15)30-21)19(24)16-5-4-11-29-16/h14,16H,3-13H2,1-2H3/t16-/m0/s1. The Morgan fingerprint density at radius 3 is 2.68 bits per heavy atom. The van der Waals surface area contributed by atoms with Crippen molar-refractivity contribution in [3.05, 3.63) is 16.0 Å². The Balaban J connectivity index is 1.67. The number of amides is 1. The summed E-state index contributed by atoms with van der Waals surface area (Å²) in [5.74, 6) is -0.281. The first-order chi connectivity index (χ1) is 14.9. The maximum atomic E-state index is 13.6. The highest BCUT2D eigenvalue weighted by Crippen LogP contribution is 2.40. The van der Waals surface area contributed by atoms with Gasteiger partial charge < -0.3 is 14.4 Å². The van der Waals surface area contributed by atoms with Crippen molar-refractivity contribution in [2.75, 3.05) is 33.4 Å². The van der Waals surface area contributed by atoms with E-state index in [1.54, 1.807) is 4.90 Å². The zero-order chi connectivity index (χ0) is 22.2.